The summed E-state index contributed by atoms with van der Waals surface area (Å²) in [6.07, 6.45) is 6.78. The van der Waals surface area contributed by atoms with Crippen LogP contribution in [-0.4, -0.2) is 29.4 Å². The molecule has 0 radical (unpaired) electrons. The molecule has 130 valence electrons. The summed E-state index contributed by atoms with van der Waals surface area (Å²) in [5.74, 6) is 0.988. The van der Waals surface area contributed by atoms with Crippen molar-refractivity contribution in [1.29, 1.82) is 0 Å². The van der Waals surface area contributed by atoms with Crippen molar-refractivity contribution >= 4 is 16.6 Å². The summed E-state index contributed by atoms with van der Waals surface area (Å²) in [4.78, 5) is 2.40. The Morgan fingerprint density at radius 2 is 1.96 bits per heavy atom. The van der Waals surface area contributed by atoms with E-state index >= 15 is 0 Å². The van der Waals surface area contributed by atoms with Gasteiger partial charge in [0.25, 0.3) is 0 Å². The van der Waals surface area contributed by atoms with Crippen LogP contribution in [0.4, 0.5) is 5.69 Å². The molecule has 1 saturated carbocycles. The number of benzene rings is 2. The second kappa shape index (κ2) is 6.79. The number of hydrogen-bond donors (Lipinski definition) is 1. The van der Waals surface area contributed by atoms with Crippen LogP contribution in [0.1, 0.15) is 31.2 Å². The van der Waals surface area contributed by atoms with Crippen LogP contribution >= 0.6 is 0 Å². The van der Waals surface area contributed by atoms with Gasteiger partial charge >= 0.3 is 0 Å². The normalized spacial score (nSPS) is 20.6. The van der Waals surface area contributed by atoms with Gasteiger partial charge in [-0.2, -0.15) is 5.10 Å². The average Bonchev–Trinajstić information content (AvgIpc) is 3.14. The van der Waals surface area contributed by atoms with E-state index in [-0.39, 0.29) is 6.10 Å². The lowest BCUT2D eigenvalue weighted by atomic mass is 9.91. The largest absolute Gasteiger partial charge is 0.490 e. The van der Waals surface area contributed by atoms with Gasteiger partial charge in [0.15, 0.2) is 0 Å². The van der Waals surface area contributed by atoms with Crippen LogP contribution in [0.3, 0.4) is 0 Å². The maximum atomic E-state index is 6.41. The van der Waals surface area contributed by atoms with Crippen LogP contribution in [0.15, 0.2) is 48.7 Å². The molecule has 1 heterocycles. The van der Waals surface area contributed by atoms with Gasteiger partial charge in [0.1, 0.15) is 11.9 Å². The van der Waals surface area contributed by atoms with Crippen molar-refractivity contribution in [2.24, 2.45) is 0 Å². The van der Waals surface area contributed by atoms with E-state index in [1.54, 1.807) is 0 Å². The number of aryl methyl sites for hydroxylation is 1. The van der Waals surface area contributed by atoms with Gasteiger partial charge < -0.3 is 9.64 Å². The van der Waals surface area contributed by atoms with Crippen LogP contribution in [0.25, 0.3) is 10.9 Å². The third-order valence-corrected chi connectivity index (χ3v) is 5.45. The monoisotopic (exact) mass is 335 g/mol. The highest BCUT2D eigenvalue weighted by atomic mass is 16.5. The summed E-state index contributed by atoms with van der Waals surface area (Å²) >= 11 is 0. The number of ether oxygens (including phenoxy) is 1. The Balaban J connectivity index is 1.48. The Kier molecular flexibility index (Phi) is 4.35. The van der Waals surface area contributed by atoms with Crippen molar-refractivity contribution < 1.29 is 4.74 Å². The first-order chi connectivity index (χ1) is 12.2. The molecule has 2 unspecified atom stereocenters. The molecule has 1 aliphatic carbocycles. The predicted octanol–water partition coefficient (Wildman–Crippen LogP) is 4.70. The lowest BCUT2D eigenvalue weighted by Gasteiger charge is -2.37. The minimum atomic E-state index is 0.271. The average molecular weight is 335 g/mol. The van der Waals surface area contributed by atoms with Crippen molar-refractivity contribution in [2.75, 3.05) is 11.9 Å². The van der Waals surface area contributed by atoms with E-state index in [1.165, 1.54) is 24.1 Å². The Bertz CT molecular complexity index is 843. The zero-order chi connectivity index (χ0) is 17.2. The van der Waals surface area contributed by atoms with Gasteiger partial charge in [-0.15, -0.1) is 0 Å². The first kappa shape index (κ1) is 16.0. The summed E-state index contributed by atoms with van der Waals surface area (Å²) < 4.78 is 6.41. The highest BCUT2D eigenvalue weighted by Gasteiger charge is 2.27. The topological polar surface area (TPSA) is 41.1 Å². The van der Waals surface area contributed by atoms with Crippen LogP contribution in [0.5, 0.6) is 5.75 Å². The van der Waals surface area contributed by atoms with E-state index in [9.17, 15) is 0 Å². The van der Waals surface area contributed by atoms with E-state index in [4.69, 9.17) is 4.74 Å². The molecule has 0 amide bonds. The molecule has 4 heteroatoms. The van der Waals surface area contributed by atoms with Crippen molar-refractivity contribution in [3.63, 3.8) is 0 Å². The van der Waals surface area contributed by atoms with Gasteiger partial charge in [-0.05, 0) is 50.5 Å². The molecule has 2 atom stereocenters. The SMILES string of the molecule is Cc1c(OC2CCCC(N(C)c3ccccc3)C2)ccc2[nH]ncc12. The quantitative estimate of drug-likeness (QED) is 0.751. The van der Waals surface area contributed by atoms with Gasteiger partial charge in [0.2, 0.25) is 0 Å². The molecule has 3 aromatic rings. The molecule has 0 bridgehead atoms. The van der Waals surface area contributed by atoms with Crippen LogP contribution in [-0.2, 0) is 0 Å². The number of nitrogens with one attached hydrogen (secondary N) is 1. The molecule has 25 heavy (non-hydrogen) atoms. The fourth-order valence-corrected chi connectivity index (χ4v) is 3.90. The molecule has 1 aliphatic rings. The first-order valence-electron chi connectivity index (χ1n) is 9.09. The van der Waals surface area contributed by atoms with Crippen LogP contribution < -0.4 is 9.64 Å². The molecule has 1 aromatic heterocycles. The highest BCUT2D eigenvalue weighted by molar-refractivity contribution is 5.83. The molecule has 4 nitrogen and oxygen atoms in total. The molecule has 1 fully saturated rings. The lowest BCUT2D eigenvalue weighted by molar-refractivity contribution is 0.142. The molecule has 4 rings (SSSR count). The molecule has 0 spiro atoms. The highest BCUT2D eigenvalue weighted by Crippen LogP contribution is 2.32. The first-order valence-corrected chi connectivity index (χ1v) is 9.09. The standard InChI is InChI=1S/C21H25N3O/c1-15-19-14-22-23-20(19)11-12-21(15)25-18-10-6-9-17(13-18)24(2)16-7-4-3-5-8-16/h3-5,7-8,11-12,14,17-18H,6,9-10,13H2,1-2H3,(H,22,23). The Hall–Kier alpha value is -2.49. The van der Waals surface area contributed by atoms with Gasteiger partial charge in [0.05, 0.1) is 11.7 Å². The van der Waals surface area contributed by atoms with Crippen molar-refractivity contribution in [3.8, 4) is 5.75 Å². The molecular weight excluding hydrogens is 310 g/mol. The van der Waals surface area contributed by atoms with Crippen LogP contribution in [0, 0.1) is 6.92 Å². The number of anilines is 1. The number of H-pyrrole nitrogens is 1. The third kappa shape index (κ3) is 3.21. The summed E-state index contributed by atoms with van der Waals surface area (Å²) in [5.41, 5.74) is 3.52. The minimum absolute atomic E-state index is 0.271. The number of aromatic nitrogens is 2. The summed E-state index contributed by atoms with van der Waals surface area (Å²) in [5, 5.41) is 8.30. The summed E-state index contributed by atoms with van der Waals surface area (Å²) in [6.45, 7) is 2.11. The third-order valence-electron chi connectivity index (χ3n) is 5.45. The fraction of sp³-hybridized carbons (Fsp3) is 0.381. The molecule has 2 aromatic carbocycles. The minimum Gasteiger partial charge on any atom is -0.490 e. The Morgan fingerprint density at radius 1 is 1.12 bits per heavy atom. The summed E-state index contributed by atoms with van der Waals surface area (Å²) in [6, 6.07) is 15.3. The maximum absolute atomic E-state index is 6.41. The smallest absolute Gasteiger partial charge is 0.123 e. The predicted molar refractivity (Wildman–Crippen MR) is 102 cm³/mol. The number of nitrogens with zero attached hydrogens (tertiary/aromatic N) is 2. The lowest BCUT2D eigenvalue weighted by Crippen LogP contribution is -2.39. The Morgan fingerprint density at radius 3 is 2.80 bits per heavy atom. The van der Waals surface area contributed by atoms with Gasteiger partial charge in [-0.25, -0.2) is 0 Å². The van der Waals surface area contributed by atoms with Crippen molar-refractivity contribution in [3.05, 3.63) is 54.2 Å². The van der Waals surface area contributed by atoms with Crippen LogP contribution in [0.2, 0.25) is 0 Å². The van der Waals surface area contributed by atoms with E-state index in [0.717, 1.165) is 29.5 Å². The van der Waals surface area contributed by atoms with E-state index in [2.05, 4.69) is 71.5 Å². The van der Waals surface area contributed by atoms with E-state index < -0.39 is 0 Å². The van der Waals surface area contributed by atoms with Gasteiger partial charge in [0, 0.05) is 36.1 Å². The number of aromatic amines is 1. The number of hydrogen-bond acceptors (Lipinski definition) is 3. The Labute approximate surface area is 148 Å². The molecular formula is C21H25N3O. The van der Waals surface area contributed by atoms with Gasteiger partial charge in [-0.1, -0.05) is 18.2 Å². The van der Waals surface area contributed by atoms with Crippen molar-refractivity contribution in [2.45, 2.75) is 44.8 Å². The molecule has 0 saturated heterocycles. The van der Waals surface area contributed by atoms with Crippen molar-refractivity contribution in [1.82, 2.24) is 10.2 Å². The fourth-order valence-electron chi connectivity index (χ4n) is 3.90. The van der Waals surface area contributed by atoms with E-state index in [1.807, 2.05) is 6.20 Å². The zero-order valence-electron chi connectivity index (χ0n) is 14.9. The maximum Gasteiger partial charge on any atom is 0.123 e. The second-order valence-corrected chi connectivity index (χ2v) is 7.03. The van der Waals surface area contributed by atoms with E-state index in [0.29, 0.717) is 6.04 Å². The summed E-state index contributed by atoms with van der Waals surface area (Å²) in [7, 11) is 2.20. The second-order valence-electron chi connectivity index (χ2n) is 7.03. The number of rotatable bonds is 4. The molecule has 1 N–H and O–H groups in total. The number of fused-ring (bicyclic) bond motifs is 1. The van der Waals surface area contributed by atoms with Gasteiger partial charge in [-0.3, -0.25) is 5.10 Å². The zero-order valence-corrected chi connectivity index (χ0v) is 14.9. The number of para-hydroxylation sites is 1. The molecule has 0 aliphatic heterocycles.